The molecule has 3 aromatic rings. The Kier molecular flexibility index (Phi) is 5.11. The molecule has 0 aliphatic heterocycles. The van der Waals surface area contributed by atoms with E-state index in [0.29, 0.717) is 6.61 Å². The molecule has 0 bridgehead atoms. The lowest BCUT2D eigenvalue weighted by Gasteiger charge is -2.13. The third kappa shape index (κ3) is 3.74. The standard InChI is InChI=1S/C19H22N4O/c1-2-3-12-21-18-17-15(22-19(20)23-18)10-7-11-16(17)24-13-14-8-5-4-6-9-14/h4-11H,2-3,12-13H2,1H3,(H3,20,21,22,23). The summed E-state index contributed by atoms with van der Waals surface area (Å²) in [5.74, 6) is 1.76. The van der Waals surface area contributed by atoms with Gasteiger partial charge in [0.15, 0.2) is 0 Å². The molecule has 0 saturated carbocycles. The van der Waals surface area contributed by atoms with Crippen LogP contribution in [0.2, 0.25) is 0 Å². The molecule has 24 heavy (non-hydrogen) atoms. The van der Waals surface area contributed by atoms with Gasteiger partial charge in [0.05, 0.1) is 10.9 Å². The molecule has 2 aromatic carbocycles. The molecular weight excluding hydrogens is 300 g/mol. The third-order valence-corrected chi connectivity index (χ3v) is 3.76. The van der Waals surface area contributed by atoms with Crippen molar-refractivity contribution in [1.82, 2.24) is 9.97 Å². The predicted octanol–water partition coefficient (Wildman–Crippen LogP) is 4.00. The van der Waals surface area contributed by atoms with E-state index in [4.69, 9.17) is 10.5 Å². The molecule has 0 fully saturated rings. The molecule has 0 spiro atoms. The second-order valence-corrected chi connectivity index (χ2v) is 5.64. The molecule has 0 unspecified atom stereocenters. The molecule has 0 aliphatic carbocycles. The summed E-state index contributed by atoms with van der Waals surface area (Å²) in [5.41, 5.74) is 7.74. The van der Waals surface area contributed by atoms with Crippen LogP contribution in [0.4, 0.5) is 11.8 Å². The molecule has 0 amide bonds. The fourth-order valence-corrected chi connectivity index (χ4v) is 2.54. The number of aromatic nitrogens is 2. The van der Waals surface area contributed by atoms with E-state index < -0.39 is 0 Å². The van der Waals surface area contributed by atoms with Crippen molar-refractivity contribution in [3.63, 3.8) is 0 Å². The molecule has 5 heteroatoms. The van der Waals surface area contributed by atoms with Crippen molar-refractivity contribution in [1.29, 1.82) is 0 Å². The Labute approximate surface area is 141 Å². The number of ether oxygens (including phenoxy) is 1. The van der Waals surface area contributed by atoms with Gasteiger partial charge in [-0.3, -0.25) is 0 Å². The summed E-state index contributed by atoms with van der Waals surface area (Å²) in [5, 5.41) is 4.23. The lowest BCUT2D eigenvalue weighted by atomic mass is 10.2. The summed E-state index contributed by atoms with van der Waals surface area (Å²) in [7, 11) is 0. The number of nitrogens with zero attached hydrogens (tertiary/aromatic N) is 2. The van der Waals surface area contributed by atoms with Gasteiger partial charge in [-0.25, -0.2) is 4.98 Å². The van der Waals surface area contributed by atoms with Crippen molar-refractivity contribution in [2.24, 2.45) is 0 Å². The van der Waals surface area contributed by atoms with Gasteiger partial charge in [-0.05, 0) is 24.1 Å². The van der Waals surface area contributed by atoms with E-state index in [2.05, 4.69) is 22.2 Å². The molecule has 124 valence electrons. The van der Waals surface area contributed by atoms with Gasteiger partial charge in [-0.15, -0.1) is 0 Å². The fourth-order valence-electron chi connectivity index (χ4n) is 2.54. The number of nitrogens with two attached hydrogens (primary N) is 1. The third-order valence-electron chi connectivity index (χ3n) is 3.76. The van der Waals surface area contributed by atoms with Crippen molar-refractivity contribution >= 4 is 22.7 Å². The maximum Gasteiger partial charge on any atom is 0.222 e. The Hall–Kier alpha value is -2.82. The first kappa shape index (κ1) is 16.1. The zero-order valence-corrected chi connectivity index (χ0v) is 13.8. The normalized spacial score (nSPS) is 10.7. The Morgan fingerprint density at radius 1 is 1.04 bits per heavy atom. The number of unbranched alkanes of at least 4 members (excludes halogenated alkanes) is 1. The van der Waals surface area contributed by atoms with Crippen molar-refractivity contribution in [3.05, 3.63) is 54.1 Å². The lowest BCUT2D eigenvalue weighted by molar-refractivity contribution is 0.310. The van der Waals surface area contributed by atoms with Crippen molar-refractivity contribution in [2.75, 3.05) is 17.6 Å². The highest BCUT2D eigenvalue weighted by molar-refractivity contribution is 5.95. The molecular formula is C19H22N4O. The van der Waals surface area contributed by atoms with Crippen LogP contribution in [0.25, 0.3) is 10.9 Å². The quantitative estimate of drug-likeness (QED) is 0.643. The van der Waals surface area contributed by atoms with Crippen LogP contribution in [0.5, 0.6) is 5.75 Å². The molecule has 0 radical (unpaired) electrons. The van der Waals surface area contributed by atoms with E-state index >= 15 is 0 Å². The molecule has 3 N–H and O–H groups in total. The van der Waals surface area contributed by atoms with E-state index in [1.54, 1.807) is 0 Å². The number of fused-ring (bicyclic) bond motifs is 1. The lowest BCUT2D eigenvalue weighted by Crippen LogP contribution is -2.07. The number of nitrogen functional groups attached to an aromatic ring is 1. The minimum Gasteiger partial charge on any atom is -0.488 e. The van der Waals surface area contributed by atoms with Crippen LogP contribution in [-0.2, 0) is 6.61 Å². The number of hydrogen-bond acceptors (Lipinski definition) is 5. The smallest absolute Gasteiger partial charge is 0.222 e. The summed E-state index contributed by atoms with van der Waals surface area (Å²) in [6.45, 7) is 3.50. The monoisotopic (exact) mass is 322 g/mol. The summed E-state index contributed by atoms with van der Waals surface area (Å²) in [6.07, 6.45) is 2.18. The predicted molar refractivity (Wildman–Crippen MR) is 98.1 cm³/mol. The number of anilines is 2. The van der Waals surface area contributed by atoms with E-state index in [1.165, 1.54) is 0 Å². The summed E-state index contributed by atoms with van der Waals surface area (Å²) in [4.78, 5) is 8.69. The number of benzene rings is 2. The van der Waals surface area contributed by atoms with E-state index in [-0.39, 0.29) is 5.95 Å². The zero-order chi connectivity index (χ0) is 16.8. The van der Waals surface area contributed by atoms with Gasteiger partial charge in [0.2, 0.25) is 5.95 Å². The maximum absolute atomic E-state index is 6.03. The largest absolute Gasteiger partial charge is 0.488 e. The first-order valence-corrected chi connectivity index (χ1v) is 8.24. The zero-order valence-electron chi connectivity index (χ0n) is 13.8. The Morgan fingerprint density at radius 3 is 2.67 bits per heavy atom. The average molecular weight is 322 g/mol. The highest BCUT2D eigenvalue weighted by Crippen LogP contribution is 2.31. The van der Waals surface area contributed by atoms with Gasteiger partial charge in [-0.1, -0.05) is 49.7 Å². The van der Waals surface area contributed by atoms with Crippen LogP contribution in [0.3, 0.4) is 0 Å². The topological polar surface area (TPSA) is 73.1 Å². The molecule has 0 aliphatic rings. The van der Waals surface area contributed by atoms with Gasteiger partial charge in [0.1, 0.15) is 18.2 Å². The van der Waals surface area contributed by atoms with Crippen LogP contribution in [0.1, 0.15) is 25.3 Å². The van der Waals surface area contributed by atoms with Gasteiger partial charge in [0.25, 0.3) is 0 Å². The molecule has 0 saturated heterocycles. The van der Waals surface area contributed by atoms with Gasteiger partial charge in [-0.2, -0.15) is 4.98 Å². The van der Waals surface area contributed by atoms with Gasteiger partial charge >= 0.3 is 0 Å². The Morgan fingerprint density at radius 2 is 1.88 bits per heavy atom. The van der Waals surface area contributed by atoms with Gasteiger partial charge in [0, 0.05) is 6.54 Å². The Balaban J connectivity index is 1.91. The number of rotatable bonds is 7. The van der Waals surface area contributed by atoms with E-state index in [1.807, 2.05) is 48.5 Å². The van der Waals surface area contributed by atoms with E-state index in [9.17, 15) is 0 Å². The Bertz CT molecular complexity index is 805. The minimum atomic E-state index is 0.265. The molecule has 5 nitrogen and oxygen atoms in total. The fraction of sp³-hybridized carbons (Fsp3) is 0.263. The first-order chi connectivity index (χ1) is 11.8. The highest BCUT2D eigenvalue weighted by Gasteiger charge is 2.11. The summed E-state index contributed by atoms with van der Waals surface area (Å²) < 4.78 is 6.03. The summed E-state index contributed by atoms with van der Waals surface area (Å²) >= 11 is 0. The van der Waals surface area contributed by atoms with Crippen LogP contribution < -0.4 is 15.8 Å². The average Bonchev–Trinajstić information content (AvgIpc) is 2.60. The van der Waals surface area contributed by atoms with Crippen molar-refractivity contribution in [2.45, 2.75) is 26.4 Å². The van der Waals surface area contributed by atoms with Crippen LogP contribution in [0.15, 0.2) is 48.5 Å². The van der Waals surface area contributed by atoms with Crippen molar-refractivity contribution in [3.8, 4) is 5.75 Å². The number of nitrogens with one attached hydrogen (secondary N) is 1. The molecule has 3 rings (SSSR count). The SMILES string of the molecule is CCCCNc1nc(N)nc2cccc(OCc3ccccc3)c12. The second kappa shape index (κ2) is 7.64. The van der Waals surface area contributed by atoms with E-state index in [0.717, 1.165) is 47.4 Å². The maximum atomic E-state index is 6.03. The molecule has 1 heterocycles. The van der Waals surface area contributed by atoms with Crippen molar-refractivity contribution < 1.29 is 4.74 Å². The first-order valence-electron chi connectivity index (χ1n) is 8.24. The van der Waals surface area contributed by atoms with Crippen LogP contribution in [-0.4, -0.2) is 16.5 Å². The minimum absolute atomic E-state index is 0.265. The second-order valence-electron chi connectivity index (χ2n) is 5.64. The summed E-state index contributed by atoms with van der Waals surface area (Å²) in [6, 6.07) is 15.9. The molecule has 0 atom stereocenters. The van der Waals surface area contributed by atoms with Gasteiger partial charge < -0.3 is 15.8 Å². The highest BCUT2D eigenvalue weighted by atomic mass is 16.5. The molecule has 1 aromatic heterocycles. The number of hydrogen-bond donors (Lipinski definition) is 2. The van der Waals surface area contributed by atoms with Crippen LogP contribution in [0, 0.1) is 0 Å². The van der Waals surface area contributed by atoms with Crippen LogP contribution >= 0.6 is 0 Å².